The fraction of sp³-hybridized carbons (Fsp3) is 0.471. The van der Waals surface area contributed by atoms with Crippen LogP contribution in [0.3, 0.4) is 0 Å². The summed E-state index contributed by atoms with van der Waals surface area (Å²) in [6.45, 7) is 4.04. The molecule has 0 radical (unpaired) electrons. The van der Waals surface area contributed by atoms with Crippen molar-refractivity contribution in [3.63, 3.8) is 0 Å². The normalized spacial score (nSPS) is 21.1. The number of hydrogen-bond donors (Lipinski definition) is 2. The van der Waals surface area contributed by atoms with Crippen LogP contribution in [0.1, 0.15) is 32.3 Å². The Morgan fingerprint density at radius 1 is 1.45 bits per heavy atom. The predicted molar refractivity (Wildman–Crippen MR) is 83.1 cm³/mol. The standard InChI is InChI=1S/C17H21FN2O2/c1-10(2)22-14-7-13(8-14)20-17(21)5-11-9-19-16-6-12(18)3-4-15(11)16/h3-4,6,9-10,13-14,19H,5,7-8H2,1-2H3,(H,20,21). The fourth-order valence-corrected chi connectivity index (χ4v) is 2.94. The molecular formula is C17H21FN2O2. The Labute approximate surface area is 129 Å². The van der Waals surface area contributed by atoms with E-state index in [0.717, 1.165) is 29.3 Å². The molecule has 5 heteroatoms. The molecule has 3 rings (SSSR count). The molecule has 1 heterocycles. The molecule has 0 aliphatic heterocycles. The van der Waals surface area contributed by atoms with E-state index in [4.69, 9.17) is 4.74 Å². The Morgan fingerprint density at radius 2 is 2.23 bits per heavy atom. The number of ether oxygens (including phenoxy) is 1. The Hall–Kier alpha value is -1.88. The zero-order valence-corrected chi connectivity index (χ0v) is 12.9. The van der Waals surface area contributed by atoms with Crippen molar-refractivity contribution in [3.05, 3.63) is 35.8 Å². The van der Waals surface area contributed by atoms with Gasteiger partial charge in [0.05, 0.1) is 18.6 Å². The molecule has 0 spiro atoms. The minimum atomic E-state index is -0.281. The molecule has 1 aromatic heterocycles. The van der Waals surface area contributed by atoms with Crippen LogP contribution in [0.4, 0.5) is 4.39 Å². The minimum Gasteiger partial charge on any atom is -0.375 e. The van der Waals surface area contributed by atoms with Gasteiger partial charge >= 0.3 is 0 Å². The minimum absolute atomic E-state index is 0.00165. The molecule has 1 amide bonds. The highest BCUT2D eigenvalue weighted by Gasteiger charge is 2.31. The number of aromatic amines is 1. The van der Waals surface area contributed by atoms with Gasteiger partial charge in [0.1, 0.15) is 5.82 Å². The van der Waals surface area contributed by atoms with Gasteiger partial charge in [-0.15, -0.1) is 0 Å². The van der Waals surface area contributed by atoms with E-state index in [2.05, 4.69) is 10.3 Å². The number of aromatic nitrogens is 1. The summed E-state index contributed by atoms with van der Waals surface area (Å²) in [7, 11) is 0. The van der Waals surface area contributed by atoms with Gasteiger partial charge in [0, 0.05) is 23.1 Å². The average molecular weight is 304 g/mol. The van der Waals surface area contributed by atoms with Crippen LogP contribution >= 0.6 is 0 Å². The van der Waals surface area contributed by atoms with E-state index in [0.29, 0.717) is 6.42 Å². The van der Waals surface area contributed by atoms with E-state index in [1.54, 1.807) is 12.3 Å². The summed E-state index contributed by atoms with van der Waals surface area (Å²) >= 11 is 0. The molecule has 1 aromatic carbocycles. The molecule has 0 saturated heterocycles. The SMILES string of the molecule is CC(C)OC1CC(NC(=O)Cc2c[nH]c3cc(F)ccc23)C1. The maximum atomic E-state index is 13.1. The van der Waals surface area contributed by atoms with Crippen molar-refractivity contribution in [1.29, 1.82) is 0 Å². The quantitative estimate of drug-likeness (QED) is 0.892. The highest BCUT2D eigenvalue weighted by Crippen LogP contribution is 2.25. The summed E-state index contributed by atoms with van der Waals surface area (Å²) in [5.41, 5.74) is 1.61. The van der Waals surface area contributed by atoms with Gasteiger partial charge in [-0.2, -0.15) is 0 Å². The summed E-state index contributed by atoms with van der Waals surface area (Å²) in [6.07, 6.45) is 4.33. The van der Waals surface area contributed by atoms with E-state index < -0.39 is 0 Å². The number of fused-ring (bicyclic) bond motifs is 1. The third-order valence-corrected chi connectivity index (χ3v) is 4.01. The Bertz CT molecular complexity index is 674. The van der Waals surface area contributed by atoms with E-state index >= 15 is 0 Å². The van der Waals surface area contributed by atoms with E-state index in [-0.39, 0.29) is 30.0 Å². The third kappa shape index (κ3) is 3.30. The number of halogens is 1. The Morgan fingerprint density at radius 3 is 2.95 bits per heavy atom. The molecule has 2 N–H and O–H groups in total. The van der Waals surface area contributed by atoms with E-state index in [1.165, 1.54) is 12.1 Å². The summed E-state index contributed by atoms with van der Waals surface area (Å²) in [5.74, 6) is -0.283. The monoisotopic (exact) mass is 304 g/mol. The Kier molecular flexibility index (Phi) is 4.16. The highest BCUT2D eigenvalue weighted by atomic mass is 19.1. The molecule has 22 heavy (non-hydrogen) atoms. The lowest BCUT2D eigenvalue weighted by atomic mass is 9.89. The maximum Gasteiger partial charge on any atom is 0.224 e. The molecule has 1 saturated carbocycles. The largest absolute Gasteiger partial charge is 0.375 e. The van der Waals surface area contributed by atoms with Gasteiger partial charge in [-0.1, -0.05) is 0 Å². The smallest absolute Gasteiger partial charge is 0.224 e. The van der Waals surface area contributed by atoms with Crippen LogP contribution in [0.15, 0.2) is 24.4 Å². The lowest BCUT2D eigenvalue weighted by molar-refractivity contribution is -0.123. The first-order chi connectivity index (χ1) is 10.5. The second-order valence-corrected chi connectivity index (χ2v) is 6.22. The number of H-pyrrole nitrogens is 1. The fourth-order valence-electron chi connectivity index (χ4n) is 2.94. The number of hydrogen-bond acceptors (Lipinski definition) is 2. The number of rotatable bonds is 5. The summed E-state index contributed by atoms with van der Waals surface area (Å²) in [5, 5.41) is 3.92. The van der Waals surface area contributed by atoms with Crippen molar-refractivity contribution < 1.29 is 13.9 Å². The summed E-state index contributed by atoms with van der Waals surface area (Å²) in [4.78, 5) is 15.1. The van der Waals surface area contributed by atoms with Gasteiger partial charge in [-0.25, -0.2) is 4.39 Å². The first-order valence-corrected chi connectivity index (χ1v) is 7.71. The maximum absolute atomic E-state index is 13.1. The molecular weight excluding hydrogens is 283 g/mol. The van der Waals surface area contributed by atoms with Gasteiger partial charge in [0.25, 0.3) is 0 Å². The molecule has 0 unspecified atom stereocenters. The summed E-state index contributed by atoms with van der Waals surface area (Å²) < 4.78 is 18.8. The number of amides is 1. The summed E-state index contributed by atoms with van der Waals surface area (Å²) in [6, 6.07) is 4.77. The topological polar surface area (TPSA) is 54.1 Å². The van der Waals surface area contributed by atoms with Crippen LogP contribution < -0.4 is 5.32 Å². The number of carbonyl (C=O) groups is 1. The lowest BCUT2D eigenvalue weighted by Crippen LogP contribution is -2.48. The van der Waals surface area contributed by atoms with Crippen molar-refractivity contribution in [3.8, 4) is 0 Å². The van der Waals surface area contributed by atoms with Crippen molar-refractivity contribution >= 4 is 16.8 Å². The van der Waals surface area contributed by atoms with E-state index in [9.17, 15) is 9.18 Å². The number of carbonyl (C=O) groups excluding carboxylic acids is 1. The Balaban J connectivity index is 1.54. The number of nitrogens with one attached hydrogen (secondary N) is 2. The van der Waals surface area contributed by atoms with Crippen LogP contribution in [-0.4, -0.2) is 29.1 Å². The molecule has 2 aromatic rings. The molecule has 1 aliphatic rings. The average Bonchev–Trinajstić information content (AvgIpc) is 2.78. The highest BCUT2D eigenvalue weighted by molar-refractivity contribution is 5.89. The van der Waals surface area contributed by atoms with Crippen LogP contribution in [0.25, 0.3) is 10.9 Å². The van der Waals surface area contributed by atoms with Gasteiger partial charge < -0.3 is 15.0 Å². The van der Waals surface area contributed by atoms with Crippen molar-refractivity contribution in [2.24, 2.45) is 0 Å². The second-order valence-electron chi connectivity index (χ2n) is 6.22. The zero-order valence-electron chi connectivity index (χ0n) is 12.9. The van der Waals surface area contributed by atoms with Gasteiger partial charge in [0.15, 0.2) is 0 Å². The molecule has 4 nitrogen and oxygen atoms in total. The second kappa shape index (κ2) is 6.08. The van der Waals surface area contributed by atoms with Gasteiger partial charge in [0.2, 0.25) is 5.91 Å². The predicted octanol–water partition coefficient (Wildman–Crippen LogP) is 2.92. The molecule has 1 aliphatic carbocycles. The molecule has 0 bridgehead atoms. The molecule has 1 fully saturated rings. The lowest BCUT2D eigenvalue weighted by Gasteiger charge is -2.36. The zero-order chi connectivity index (χ0) is 15.7. The van der Waals surface area contributed by atoms with Crippen LogP contribution in [0, 0.1) is 5.82 Å². The van der Waals surface area contributed by atoms with Crippen molar-refractivity contribution in [1.82, 2.24) is 10.3 Å². The van der Waals surface area contributed by atoms with Gasteiger partial charge in [-0.3, -0.25) is 4.79 Å². The van der Waals surface area contributed by atoms with Crippen LogP contribution in [0.2, 0.25) is 0 Å². The van der Waals surface area contributed by atoms with Crippen molar-refractivity contribution in [2.45, 2.75) is 51.4 Å². The first kappa shape index (κ1) is 15.0. The first-order valence-electron chi connectivity index (χ1n) is 7.71. The molecule has 118 valence electrons. The number of benzene rings is 1. The van der Waals surface area contributed by atoms with Crippen LogP contribution in [-0.2, 0) is 16.0 Å². The third-order valence-electron chi connectivity index (χ3n) is 4.01. The van der Waals surface area contributed by atoms with Crippen molar-refractivity contribution in [2.75, 3.05) is 0 Å². The molecule has 0 atom stereocenters. The van der Waals surface area contributed by atoms with Gasteiger partial charge in [-0.05, 0) is 50.5 Å². The van der Waals surface area contributed by atoms with Crippen LogP contribution in [0.5, 0.6) is 0 Å². The van der Waals surface area contributed by atoms with E-state index in [1.807, 2.05) is 13.8 Å².